The number of benzene rings is 2. The summed E-state index contributed by atoms with van der Waals surface area (Å²) >= 11 is 0. The molecule has 2 aromatic carbocycles. The minimum Gasteiger partial charge on any atom is -0.508 e. The zero-order valence-electron chi connectivity index (χ0n) is 44.3. The van der Waals surface area contributed by atoms with Gasteiger partial charge in [-0.15, -0.1) is 0 Å². The van der Waals surface area contributed by atoms with Crippen LogP contribution in [0.2, 0.25) is 0 Å². The van der Waals surface area contributed by atoms with Gasteiger partial charge in [-0.25, -0.2) is 19.2 Å². The van der Waals surface area contributed by atoms with Gasteiger partial charge < -0.3 is 71.6 Å². The van der Waals surface area contributed by atoms with Crippen molar-refractivity contribution in [2.24, 2.45) is 0 Å². The Hall–Kier alpha value is -7.00. The van der Waals surface area contributed by atoms with Crippen LogP contribution in [0.4, 0.5) is 19.2 Å². The molecule has 0 saturated carbocycles. The second-order valence-corrected chi connectivity index (χ2v) is 21.9. The highest BCUT2D eigenvalue weighted by molar-refractivity contribution is 5.94. The number of fused-ring (bicyclic) bond motifs is 5. The van der Waals surface area contributed by atoms with E-state index < -0.39 is 94.5 Å². The molecule has 2 aromatic rings. The van der Waals surface area contributed by atoms with Gasteiger partial charge in [0.1, 0.15) is 46.4 Å². The number of ether oxygens (including phenoxy) is 3. The van der Waals surface area contributed by atoms with Gasteiger partial charge in [-0.1, -0.05) is 12.1 Å². The number of alkyl carbamates (subject to hydrolysis) is 3. The summed E-state index contributed by atoms with van der Waals surface area (Å²) in [7, 11) is 0. The molecule has 22 nitrogen and oxygen atoms in total. The molecule has 3 rings (SSSR count). The van der Waals surface area contributed by atoms with Gasteiger partial charge >= 0.3 is 24.4 Å². The molecule has 0 aromatic heterocycles. The Bertz CT molecular complexity index is 2280. The summed E-state index contributed by atoms with van der Waals surface area (Å²) in [6.45, 7) is 20.2. The van der Waals surface area contributed by atoms with Crippen molar-refractivity contribution >= 4 is 48.0 Å². The number of carboxylic acid groups (broad SMARTS) is 1. The molecule has 0 radical (unpaired) electrons. The molecule has 73 heavy (non-hydrogen) atoms. The lowest BCUT2D eigenvalue weighted by Gasteiger charge is -2.33. The van der Waals surface area contributed by atoms with Crippen molar-refractivity contribution in [2.75, 3.05) is 26.2 Å². The number of carbonyl (C=O) groups excluding carboxylic acids is 7. The van der Waals surface area contributed by atoms with E-state index in [4.69, 9.17) is 14.2 Å². The normalized spacial score (nSPS) is 16.9. The number of amides is 8. The smallest absolute Gasteiger partial charge is 0.408 e. The fourth-order valence-electron chi connectivity index (χ4n) is 7.49. The number of hydrogen-bond acceptors (Lipinski definition) is 13. The summed E-state index contributed by atoms with van der Waals surface area (Å²) in [5.41, 5.74) is -1.79. The van der Waals surface area contributed by atoms with Gasteiger partial charge in [0.25, 0.3) is 0 Å². The fourth-order valence-corrected chi connectivity index (χ4v) is 7.49. The second-order valence-electron chi connectivity index (χ2n) is 21.9. The van der Waals surface area contributed by atoms with E-state index in [1.54, 1.807) is 107 Å². The van der Waals surface area contributed by atoms with Gasteiger partial charge in [-0.05, 0) is 155 Å². The number of rotatable bonds is 16. The zero-order valence-corrected chi connectivity index (χ0v) is 44.3. The number of phenolic OH excluding ortho intramolecular Hbond substituents is 2. The highest BCUT2D eigenvalue weighted by Crippen LogP contribution is 2.31. The van der Waals surface area contributed by atoms with Crippen LogP contribution >= 0.6 is 0 Å². The molecule has 1 aliphatic heterocycles. The maximum absolute atomic E-state index is 14.7. The number of carbonyl (C=O) groups is 8. The lowest BCUT2D eigenvalue weighted by atomic mass is 9.95. The van der Waals surface area contributed by atoms with Gasteiger partial charge in [0.15, 0.2) is 0 Å². The molecule has 8 amide bonds. The van der Waals surface area contributed by atoms with Gasteiger partial charge in [0.05, 0.1) is 0 Å². The van der Waals surface area contributed by atoms with Crippen molar-refractivity contribution in [2.45, 2.75) is 175 Å². The van der Waals surface area contributed by atoms with Crippen molar-refractivity contribution in [1.82, 2.24) is 42.1 Å². The molecule has 0 saturated heterocycles. The van der Waals surface area contributed by atoms with Gasteiger partial charge in [-0.3, -0.25) is 19.2 Å². The Balaban J connectivity index is 2.09. The first-order chi connectivity index (χ1) is 33.7. The third-order valence-corrected chi connectivity index (χ3v) is 10.8. The average Bonchev–Trinajstić information content (AvgIpc) is 3.23. The van der Waals surface area contributed by atoms with E-state index in [0.29, 0.717) is 11.1 Å². The van der Waals surface area contributed by atoms with Crippen LogP contribution in [0.25, 0.3) is 11.1 Å². The summed E-state index contributed by atoms with van der Waals surface area (Å²) in [4.78, 5) is 108. The number of aromatic hydroxyl groups is 2. The monoisotopic (exact) mass is 1030 g/mol. The van der Waals surface area contributed by atoms with Crippen LogP contribution in [0.3, 0.4) is 0 Å². The van der Waals surface area contributed by atoms with Crippen LogP contribution in [0, 0.1) is 0 Å². The molecular weight excluding hydrogens is 949 g/mol. The van der Waals surface area contributed by atoms with E-state index in [0.717, 1.165) is 0 Å². The van der Waals surface area contributed by atoms with E-state index >= 15 is 0 Å². The third-order valence-electron chi connectivity index (χ3n) is 10.8. The molecule has 22 heteroatoms. The summed E-state index contributed by atoms with van der Waals surface area (Å²) in [6, 6.07) is 3.96. The van der Waals surface area contributed by atoms with E-state index in [1.165, 1.54) is 17.0 Å². The van der Waals surface area contributed by atoms with Crippen LogP contribution in [0.5, 0.6) is 11.5 Å². The van der Waals surface area contributed by atoms with E-state index in [9.17, 15) is 53.7 Å². The van der Waals surface area contributed by atoms with Crippen LogP contribution in [-0.4, -0.2) is 141 Å². The van der Waals surface area contributed by atoms with Gasteiger partial charge in [-0.2, -0.15) is 0 Å². The van der Waals surface area contributed by atoms with Crippen LogP contribution < -0.4 is 37.2 Å². The number of nitrogens with one attached hydrogen (secondary N) is 7. The molecule has 1 heterocycles. The summed E-state index contributed by atoms with van der Waals surface area (Å²) in [5, 5.41) is 50.8. The Kier molecular flexibility index (Phi) is 21.6. The lowest BCUT2D eigenvalue weighted by Crippen LogP contribution is -2.58. The zero-order chi connectivity index (χ0) is 55.1. The van der Waals surface area contributed by atoms with Crippen molar-refractivity contribution < 1.29 is 67.9 Å². The fraction of sp³-hybridized carbons (Fsp3) is 0.608. The van der Waals surface area contributed by atoms with E-state index in [2.05, 4.69) is 37.2 Å². The minimum atomic E-state index is -1.48. The van der Waals surface area contributed by atoms with Crippen molar-refractivity contribution in [3.8, 4) is 22.6 Å². The standard InChI is InChI=1S/C51H78N8O14/c1-48(2,3)59(47(69)70)24-23-52-40(62)29-34(15-13-21-53-44(66)71-49(4,5)6)55-42(64)36-27-32-25-30(17-19-38(32)60)31-18-20-39(61)33(26-31)28-37(58-46(68)73-51(10,11)12)43(65)56-35(41(63)57-36)16-14-22-54-45(67)72-50(7,8)9/h17-20,25-26,34-37,60-61H,13-16,21-24,27-29H2,1-12H3,(H,52,62)(H,53,66)(H,54,67)(H,55,64)(H,56,65)(H,57,63)(H,58,68)(H,69,70)/t34-,35-,36-,37-/m0/s1. The second kappa shape index (κ2) is 26.1. The SMILES string of the molecule is CC(C)(C)OC(=O)NCCC[C@@H](CC(=O)NCCN(C(=O)O)C(C)(C)C)NC(=O)[C@@H]1Cc2cc(ccc2O)-c2ccc(O)c(c2)C[C@H](NC(=O)OC(C)(C)C)C(=O)N[C@@H](CCCNC(=O)OC(C)(C)C)C(=O)N1. The molecule has 406 valence electrons. The average molecular weight is 1030 g/mol. The predicted octanol–water partition coefficient (Wildman–Crippen LogP) is 5.11. The quantitative estimate of drug-likeness (QED) is 0.0773. The first kappa shape index (κ1) is 60.3. The van der Waals surface area contributed by atoms with Crippen LogP contribution in [-0.2, 0) is 46.2 Å². The van der Waals surface area contributed by atoms with Gasteiger partial charge in [0.2, 0.25) is 23.6 Å². The summed E-state index contributed by atoms with van der Waals surface area (Å²) < 4.78 is 16.1. The first-order valence-corrected chi connectivity index (χ1v) is 24.5. The Morgan fingerprint density at radius 2 is 1.18 bits per heavy atom. The number of nitrogens with zero attached hydrogens (tertiary/aromatic N) is 1. The molecule has 1 aliphatic rings. The van der Waals surface area contributed by atoms with E-state index in [1.807, 2.05) is 0 Å². The predicted molar refractivity (Wildman–Crippen MR) is 271 cm³/mol. The van der Waals surface area contributed by atoms with Gasteiger partial charge in [0, 0.05) is 57.0 Å². The van der Waals surface area contributed by atoms with Crippen molar-refractivity contribution in [3.05, 3.63) is 47.5 Å². The van der Waals surface area contributed by atoms with Crippen molar-refractivity contribution in [1.29, 1.82) is 0 Å². The Morgan fingerprint density at radius 3 is 1.68 bits per heavy atom. The number of phenols is 2. The number of hydrogen-bond donors (Lipinski definition) is 10. The molecule has 0 aliphatic carbocycles. The summed E-state index contributed by atoms with van der Waals surface area (Å²) in [5.74, 6) is -3.48. The third kappa shape index (κ3) is 22.1. The van der Waals surface area contributed by atoms with Crippen LogP contribution in [0.1, 0.15) is 126 Å². The van der Waals surface area contributed by atoms with E-state index in [-0.39, 0.29) is 93.8 Å². The van der Waals surface area contributed by atoms with Crippen molar-refractivity contribution in [3.63, 3.8) is 0 Å². The maximum atomic E-state index is 14.7. The Morgan fingerprint density at radius 1 is 0.671 bits per heavy atom. The Labute approximate surface area is 427 Å². The lowest BCUT2D eigenvalue weighted by molar-refractivity contribution is -0.133. The largest absolute Gasteiger partial charge is 0.508 e. The molecule has 4 atom stereocenters. The molecule has 4 bridgehead atoms. The highest BCUT2D eigenvalue weighted by atomic mass is 16.6. The molecular formula is C51H78N8O14. The van der Waals surface area contributed by atoms with Crippen LogP contribution in [0.15, 0.2) is 36.4 Å². The first-order valence-electron chi connectivity index (χ1n) is 24.5. The summed E-state index contributed by atoms with van der Waals surface area (Å²) in [6.07, 6.45) is -4.08. The maximum Gasteiger partial charge on any atom is 0.408 e. The molecule has 0 spiro atoms. The molecule has 10 N–H and O–H groups in total. The minimum absolute atomic E-state index is 0.00350. The molecule has 0 fully saturated rings. The topological polar surface area (TPSA) is 312 Å². The molecule has 0 unspecified atom stereocenters. The highest BCUT2D eigenvalue weighted by Gasteiger charge is 2.34.